The quantitative estimate of drug-likeness (QED) is 0.448. The highest BCUT2D eigenvalue weighted by atomic mass is 35.5. The first-order chi connectivity index (χ1) is 16.7. The average molecular weight is 505 g/mol. The fourth-order valence-corrected chi connectivity index (χ4v) is 3.35. The van der Waals surface area contributed by atoms with Gasteiger partial charge < -0.3 is 15.4 Å². The van der Waals surface area contributed by atoms with Crippen LogP contribution in [0.5, 0.6) is 5.75 Å². The third-order valence-corrected chi connectivity index (χ3v) is 5.34. The van der Waals surface area contributed by atoms with E-state index in [4.69, 9.17) is 16.3 Å². The number of rotatable bonds is 6. The van der Waals surface area contributed by atoms with Gasteiger partial charge in [-0.3, -0.25) is 10.1 Å². The Morgan fingerprint density at radius 3 is 2.57 bits per heavy atom. The van der Waals surface area contributed by atoms with E-state index in [0.29, 0.717) is 23.6 Å². The third-order valence-electron chi connectivity index (χ3n) is 5.01. The monoisotopic (exact) mass is 504 g/mol. The summed E-state index contributed by atoms with van der Waals surface area (Å²) in [4.78, 5) is 28.3. The van der Waals surface area contributed by atoms with Crippen molar-refractivity contribution in [2.45, 2.75) is 25.4 Å². The molecule has 0 radical (unpaired) electrons. The average Bonchev–Trinajstić information content (AvgIpc) is 3.64. The Kier molecular flexibility index (Phi) is 7.11. The van der Waals surface area contributed by atoms with Crippen molar-refractivity contribution in [3.05, 3.63) is 82.9 Å². The van der Waals surface area contributed by atoms with E-state index >= 15 is 0 Å². The fraction of sp³-hybridized carbons (Fsp3) is 0.208. The Morgan fingerprint density at radius 2 is 1.89 bits per heavy atom. The molecule has 0 spiro atoms. The van der Waals surface area contributed by atoms with Crippen LogP contribution >= 0.6 is 11.6 Å². The second kappa shape index (κ2) is 10.2. The topological polar surface area (TPSA) is 92.4 Å². The predicted octanol–water partition coefficient (Wildman–Crippen LogP) is 6.03. The highest BCUT2D eigenvalue weighted by molar-refractivity contribution is 6.31. The minimum atomic E-state index is -4.65. The molecule has 0 saturated heterocycles. The molecule has 0 atom stereocenters. The van der Waals surface area contributed by atoms with Gasteiger partial charge in [-0.2, -0.15) is 13.2 Å². The molecule has 35 heavy (non-hydrogen) atoms. The summed E-state index contributed by atoms with van der Waals surface area (Å²) in [5, 5.41) is 7.17. The number of allylic oxidation sites excluding steroid dienone is 4. The predicted molar refractivity (Wildman–Crippen MR) is 125 cm³/mol. The van der Waals surface area contributed by atoms with Gasteiger partial charge >= 0.3 is 12.2 Å². The van der Waals surface area contributed by atoms with E-state index in [-0.39, 0.29) is 23.3 Å². The number of halogens is 4. The van der Waals surface area contributed by atoms with Crippen LogP contribution in [0.25, 0.3) is 0 Å². The molecule has 2 aliphatic rings. The number of nitrogens with one attached hydrogen (secondary N) is 3. The zero-order valence-corrected chi connectivity index (χ0v) is 18.9. The number of hydrogen-bond acceptors (Lipinski definition) is 4. The number of carbonyl (C=O) groups is 2. The molecule has 7 nitrogen and oxygen atoms in total. The minimum absolute atomic E-state index is 0.00245. The molecular formula is C24H20ClF3N4O3. The van der Waals surface area contributed by atoms with Gasteiger partial charge in [0.25, 0.3) is 0 Å². The Hall–Kier alpha value is -3.79. The Labute approximate surface area is 203 Å². The molecule has 1 aromatic heterocycles. The molecule has 11 heteroatoms. The van der Waals surface area contributed by atoms with Crippen molar-refractivity contribution in [2.24, 2.45) is 5.92 Å². The maximum absolute atomic E-state index is 13.0. The van der Waals surface area contributed by atoms with Crippen LogP contribution in [0.3, 0.4) is 0 Å². The molecular weight excluding hydrogens is 485 g/mol. The van der Waals surface area contributed by atoms with Gasteiger partial charge in [0.1, 0.15) is 17.3 Å². The normalized spacial score (nSPS) is 15.4. The van der Waals surface area contributed by atoms with Gasteiger partial charge in [0.15, 0.2) is 0 Å². The van der Waals surface area contributed by atoms with E-state index in [1.165, 1.54) is 18.3 Å². The number of carbonyl (C=O) groups excluding carboxylic acids is 2. The summed E-state index contributed by atoms with van der Waals surface area (Å²) >= 11 is 5.59. The summed E-state index contributed by atoms with van der Waals surface area (Å²) in [5.74, 6) is 1.11. The summed E-state index contributed by atoms with van der Waals surface area (Å²) < 4.78 is 44.8. The highest BCUT2D eigenvalue weighted by Gasteiger charge is 2.33. The lowest BCUT2D eigenvalue weighted by Gasteiger charge is -2.12. The number of hydrogen-bond donors (Lipinski definition) is 3. The van der Waals surface area contributed by atoms with Crippen LogP contribution in [0.4, 0.5) is 29.5 Å². The molecule has 2 aliphatic carbocycles. The number of alkyl halides is 3. The summed E-state index contributed by atoms with van der Waals surface area (Å²) in [6.45, 7) is 0. The Balaban J connectivity index is 1.35. The van der Waals surface area contributed by atoms with Crippen LogP contribution in [0.1, 0.15) is 24.8 Å². The zero-order chi connectivity index (χ0) is 25.0. The highest BCUT2D eigenvalue weighted by Crippen LogP contribution is 2.36. The van der Waals surface area contributed by atoms with Crippen LogP contribution in [0.2, 0.25) is 5.02 Å². The molecule has 0 aliphatic heterocycles. The van der Waals surface area contributed by atoms with Gasteiger partial charge in [0.05, 0.1) is 16.8 Å². The van der Waals surface area contributed by atoms with Crippen molar-refractivity contribution in [2.75, 3.05) is 10.6 Å². The summed E-state index contributed by atoms with van der Waals surface area (Å²) in [7, 11) is 0. The number of anilines is 2. The first-order valence-electron chi connectivity index (χ1n) is 10.7. The number of nitrogens with zero attached hydrogens (tertiary/aromatic N) is 1. The molecule has 1 saturated carbocycles. The second-order valence-electron chi connectivity index (χ2n) is 7.86. The van der Waals surface area contributed by atoms with E-state index in [1.54, 1.807) is 18.2 Å². The molecule has 2 aromatic rings. The van der Waals surface area contributed by atoms with E-state index in [1.807, 2.05) is 12.2 Å². The summed E-state index contributed by atoms with van der Waals surface area (Å²) in [5.41, 5.74) is -0.479. The standard InChI is InChI=1S/C24H20ClF3N4O3/c25-20-9-7-16(12-19(20)24(26,27)28)31-23(34)32-21-10-8-18(13-29-21)35-17-4-2-1-3-15(11-17)30-22(33)14-5-6-14/h2-4,7-14H,1,5-6H2,(H,30,33)(H2,29,31,32,34). The van der Waals surface area contributed by atoms with Crippen molar-refractivity contribution < 1.29 is 27.5 Å². The molecule has 1 fully saturated rings. The Morgan fingerprint density at radius 1 is 1.09 bits per heavy atom. The maximum Gasteiger partial charge on any atom is 0.417 e. The fourth-order valence-electron chi connectivity index (χ4n) is 3.13. The van der Waals surface area contributed by atoms with Crippen LogP contribution in [-0.2, 0) is 11.0 Å². The van der Waals surface area contributed by atoms with Crippen LogP contribution < -0.4 is 20.7 Å². The van der Waals surface area contributed by atoms with E-state index < -0.39 is 22.8 Å². The lowest BCUT2D eigenvalue weighted by atomic mass is 10.2. The van der Waals surface area contributed by atoms with E-state index in [2.05, 4.69) is 20.9 Å². The number of pyridine rings is 1. The maximum atomic E-state index is 13.0. The van der Waals surface area contributed by atoms with Gasteiger partial charge in [0.2, 0.25) is 5.91 Å². The molecule has 4 rings (SSSR count). The summed E-state index contributed by atoms with van der Waals surface area (Å²) in [6, 6.07) is 5.32. The van der Waals surface area contributed by atoms with Crippen LogP contribution in [0.15, 0.2) is 72.3 Å². The van der Waals surface area contributed by atoms with Crippen LogP contribution in [-0.4, -0.2) is 16.9 Å². The van der Waals surface area contributed by atoms with Crippen LogP contribution in [0, 0.1) is 5.92 Å². The largest absolute Gasteiger partial charge is 0.456 e. The number of amides is 3. The first-order valence-corrected chi connectivity index (χ1v) is 11.0. The van der Waals surface area contributed by atoms with Crippen molar-refractivity contribution in [3.8, 4) is 5.75 Å². The van der Waals surface area contributed by atoms with Gasteiger partial charge in [-0.05, 0) is 55.7 Å². The lowest BCUT2D eigenvalue weighted by Crippen LogP contribution is -2.23. The van der Waals surface area contributed by atoms with Crippen molar-refractivity contribution in [3.63, 3.8) is 0 Å². The van der Waals surface area contributed by atoms with Gasteiger partial charge in [-0.15, -0.1) is 0 Å². The minimum Gasteiger partial charge on any atom is -0.456 e. The van der Waals surface area contributed by atoms with E-state index in [0.717, 1.165) is 25.0 Å². The number of benzene rings is 1. The molecule has 0 unspecified atom stereocenters. The second-order valence-corrected chi connectivity index (χ2v) is 8.27. The molecule has 1 heterocycles. The molecule has 182 valence electrons. The summed E-state index contributed by atoms with van der Waals surface area (Å²) in [6.07, 6.45) is 6.43. The number of ether oxygens (including phenoxy) is 1. The van der Waals surface area contributed by atoms with Crippen molar-refractivity contribution in [1.82, 2.24) is 10.3 Å². The van der Waals surface area contributed by atoms with E-state index in [9.17, 15) is 22.8 Å². The molecule has 3 amide bonds. The Bertz CT molecular complexity index is 1220. The smallest absolute Gasteiger partial charge is 0.417 e. The number of urea groups is 1. The van der Waals surface area contributed by atoms with Crippen molar-refractivity contribution >= 4 is 35.0 Å². The van der Waals surface area contributed by atoms with Gasteiger partial charge in [-0.1, -0.05) is 23.8 Å². The SMILES string of the molecule is O=C(Nc1ccc(Cl)c(C(F)(F)F)c1)Nc1ccc(OC2=CC(NC(=O)C3CC3)=CCC=C2)cn1. The third kappa shape index (κ3) is 6.86. The molecule has 1 aromatic carbocycles. The van der Waals surface area contributed by atoms with Crippen molar-refractivity contribution in [1.29, 1.82) is 0 Å². The number of aromatic nitrogens is 1. The molecule has 3 N–H and O–H groups in total. The van der Waals surface area contributed by atoms with Gasteiger partial charge in [0, 0.05) is 23.4 Å². The van der Waals surface area contributed by atoms with Gasteiger partial charge in [-0.25, -0.2) is 9.78 Å². The zero-order valence-electron chi connectivity index (χ0n) is 18.2. The molecule has 0 bridgehead atoms. The lowest BCUT2D eigenvalue weighted by molar-refractivity contribution is -0.137. The first kappa shape index (κ1) is 24.3.